The van der Waals surface area contributed by atoms with E-state index in [0.29, 0.717) is 5.69 Å². The maximum Gasteiger partial charge on any atom is 0.417 e. The number of hydrogen-bond donors (Lipinski definition) is 2. The lowest BCUT2D eigenvalue weighted by Gasteiger charge is -2.17. The zero-order valence-electron chi connectivity index (χ0n) is 11.4. The van der Waals surface area contributed by atoms with Gasteiger partial charge in [0.05, 0.1) is 11.3 Å². The summed E-state index contributed by atoms with van der Waals surface area (Å²) in [5, 5.41) is 2.81. The fourth-order valence-electron chi connectivity index (χ4n) is 1.87. The minimum Gasteiger partial charge on any atom is -0.389 e. The number of anilines is 1. The third-order valence-electron chi connectivity index (χ3n) is 2.56. The highest BCUT2D eigenvalue weighted by Gasteiger charge is 2.34. The van der Waals surface area contributed by atoms with Crippen LogP contribution in [0.4, 0.5) is 18.9 Å². The average molecular weight is 340 g/mol. The van der Waals surface area contributed by atoms with Crippen molar-refractivity contribution in [1.29, 1.82) is 0 Å². The number of halogens is 3. The molecule has 1 unspecified atom stereocenters. The van der Waals surface area contributed by atoms with Gasteiger partial charge in [0.25, 0.3) is 0 Å². The van der Waals surface area contributed by atoms with Crippen LogP contribution >= 0.6 is 12.2 Å². The summed E-state index contributed by atoms with van der Waals surface area (Å²) in [6.45, 7) is 1.61. The van der Waals surface area contributed by atoms with Gasteiger partial charge in [0.2, 0.25) is 0 Å². The zero-order chi connectivity index (χ0) is 16.4. The first-order chi connectivity index (χ1) is 9.40. The predicted octanol–water partition coefficient (Wildman–Crippen LogP) is 2.18. The molecule has 0 aliphatic rings. The molecule has 21 heavy (non-hydrogen) atoms. The third-order valence-corrected chi connectivity index (χ3v) is 3.88. The minimum atomic E-state index is -4.56. The average Bonchev–Trinajstić information content (AvgIpc) is 2.24. The zero-order valence-corrected chi connectivity index (χ0v) is 13.0. The molecule has 1 aromatic rings. The fourth-order valence-corrected chi connectivity index (χ4v) is 3.03. The van der Waals surface area contributed by atoms with Crippen LogP contribution in [0.3, 0.4) is 0 Å². The Morgan fingerprint density at radius 1 is 1.43 bits per heavy atom. The molecular weight excluding hydrogens is 325 g/mol. The summed E-state index contributed by atoms with van der Waals surface area (Å²) in [4.78, 5) is -0.373. The molecule has 3 N–H and O–H groups in total. The van der Waals surface area contributed by atoms with E-state index in [-0.39, 0.29) is 16.3 Å². The molecule has 0 aliphatic carbocycles. The van der Waals surface area contributed by atoms with Gasteiger partial charge in [-0.1, -0.05) is 12.2 Å². The number of hydrogen-bond acceptors (Lipinski definition) is 4. The highest BCUT2D eigenvalue weighted by atomic mass is 32.2. The molecule has 0 aromatic heterocycles. The van der Waals surface area contributed by atoms with Crippen LogP contribution in [0, 0.1) is 0 Å². The predicted molar refractivity (Wildman–Crippen MR) is 80.1 cm³/mol. The summed E-state index contributed by atoms with van der Waals surface area (Å²) >= 11 is 4.63. The second-order valence-corrected chi connectivity index (χ2v) is 7.38. The van der Waals surface area contributed by atoms with E-state index in [0.717, 1.165) is 12.3 Å². The molecule has 0 saturated heterocycles. The smallest absolute Gasteiger partial charge is 0.389 e. The van der Waals surface area contributed by atoms with Crippen molar-refractivity contribution in [1.82, 2.24) is 0 Å². The lowest BCUT2D eigenvalue weighted by molar-refractivity contribution is -0.137. The number of nitrogens with one attached hydrogen (secondary N) is 1. The lowest BCUT2D eigenvalue weighted by Crippen LogP contribution is -2.25. The second kappa shape index (κ2) is 6.18. The van der Waals surface area contributed by atoms with Crippen LogP contribution in [0.15, 0.2) is 18.2 Å². The number of alkyl halides is 3. The van der Waals surface area contributed by atoms with Crippen molar-refractivity contribution in [2.45, 2.75) is 19.1 Å². The van der Waals surface area contributed by atoms with Crippen LogP contribution in [0.25, 0.3) is 0 Å². The van der Waals surface area contributed by atoms with Gasteiger partial charge in [-0.05, 0) is 25.1 Å². The number of benzene rings is 1. The summed E-state index contributed by atoms with van der Waals surface area (Å²) in [6.07, 6.45) is -3.48. The molecule has 0 spiro atoms. The monoisotopic (exact) mass is 340 g/mol. The van der Waals surface area contributed by atoms with Crippen molar-refractivity contribution >= 4 is 32.7 Å². The van der Waals surface area contributed by atoms with Gasteiger partial charge in [-0.2, -0.15) is 13.2 Å². The van der Waals surface area contributed by atoms with Gasteiger partial charge in [0.1, 0.15) is 14.8 Å². The number of sulfone groups is 1. The first-order valence-corrected chi connectivity index (χ1v) is 8.32. The molecule has 0 bridgehead atoms. The van der Waals surface area contributed by atoms with E-state index >= 15 is 0 Å². The van der Waals surface area contributed by atoms with Crippen LogP contribution in [-0.2, 0) is 16.0 Å². The van der Waals surface area contributed by atoms with Crippen molar-refractivity contribution < 1.29 is 21.6 Å². The molecule has 1 rings (SSSR count). The molecule has 0 aliphatic heterocycles. The standard InChI is InChI=1S/C12H15F3N2O2S2/c1-7(6-21(2,18)19)17-8-3-4-10(12(13,14)15)9(5-8)11(16)20/h3-5,7,17H,6H2,1-2H3,(H2,16,20). The van der Waals surface area contributed by atoms with E-state index in [1.807, 2.05) is 0 Å². The summed E-state index contributed by atoms with van der Waals surface area (Å²) < 4.78 is 60.8. The quantitative estimate of drug-likeness (QED) is 0.804. The Morgan fingerprint density at radius 3 is 2.43 bits per heavy atom. The van der Waals surface area contributed by atoms with Gasteiger partial charge in [0, 0.05) is 23.5 Å². The van der Waals surface area contributed by atoms with E-state index in [1.165, 1.54) is 12.1 Å². The molecule has 1 aromatic carbocycles. The molecule has 0 radical (unpaired) electrons. The normalized spacial score (nSPS) is 13.8. The Labute approximate surface area is 126 Å². The number of nitrogens with two attached hydrogens (primary N) is 1. The molecule has 0 amide bonds. The van der Waals surface area contributed by atoms with Gasteiger partial charge >= 0.3 is 6.18 Å². The number of thiocarbonyl (C=S) groups is 1. The summed E-state index contributed by atoms with van der Waals surface area (Å²) in [5.41, 5.74) is 4.42. The maximum atomic E-state index is 12.8. The van der Waals surface area contributed by atoms with Crippen molar-refractivity contribution in [3.8, 4) is 0 Å². The van der Waals surface area contributed by atoms with Crippen LogP contribution < -0.4 is 11.1 Å². The SMILES string of the molecule is CC(CS(C)(=O)=O)Nc1ccc(C(F)(F)F)c(C(N)=S)c1. The van der Waals surface area contributed by atoms with Crippen molar-refractivity contribution in [2.75, 3.05) is 17.3 Å². The Kier molecular flexibility index (Phi) is 5.21. The van der Waals surface area contributed by atoms with Crippen molar-refractivity contribution in [3.05, 3.63) is 29.3 Å². The van der Waals surface area contributed by atoms with Gasteiger partial charge in [-0.15, -0.1) is 0 Å². The molecule has 9 heteroatoms. The second-order valence-electron chi connectivity index (χ2n) is 4.76. The van der Waals surface area contributed by atoms with E-state index in [2.05, 4.69) is 17.5 Å². The first-order valence-electron chi connectivity index (χ1n) is 5.85. The highest BCUT2D eigenvalue weighted by molar-refractivity contribution is 7.90. The molecule has 1 atom stereocenters. The molecule has 0 heterocycles. The van der Waals surface area contributed by atoms with Crippen LogP contribution in [0.1, 0.15) is 18.1 Å². The lowest BCUT2D eigenvalue weighted by atomic mass is 10.1. The summed E-state index contributed by atoms with van der Waals surface area (Å²) in [5.74, 6) is -0.142. The first kappa shape index (κ1) is 17.7. The van der Waals surface area contributed by atoms with Gasteiger partial charge in [-0.25, -0.2) is 8.42 Å². The van der Waals surface area contributed by atoms with Gasteiger partial charge < -0.3 is 11.1 Å². The Hall–Kier alpha value is -1.35. The number of rotatable bonds is 5. The maximum absolute atomic E-state index is 12.8. The Balaban J connectivity index is 3.07. The van der Waals surface area contributed by atoms with Crippen LogP contribution in [0.2, 0.25) is 0 Å². The van der Waals surface area contributed by atoms with Crippen molar-refractivity contribution in [2.24, 2.45) is 5.73 Å². The largest absolute Gasteiger partial charge is 0.417 e. The van der Waals surface area contributed by atoms with E-state index in [9.17, 15) is 21.6 Å². The molecule has 0 saturated carbocycles. The van der Waals surface area contributed by atoms with Crippen molar-refractivity contribution in [3.63, 3.8) is 0 Å². The molecular formula is C12H15F3N2O2S2. The fraction of sp³-hybridized carbons (Fsp3) is 0.417. The van der Waals surface area contributed by atoms with Gasteiger partial charge in [-0.3, -0.25) is 0 Å². The Morgan fingerprint density at radius 2 is 2.00 bits per heavy atom. The molecule has 118 valence electrons. The minimum absolute atomic E-state index is 0.142. The highest BCUT2D eigenvalue weighted by Crippen LogP contribution is 2.33. The van der Waals surface area contributed by atoms with Gasteiger partial charge in [0.15, 0.2) is 0 Å². The molecule has 4 nitrogen and oxygen atoms in total. The van der Waals surface area contributed by atoms with Crippen LogP contribution in [0.5, 0.6) is 0 Å². The van der Waals surface area contributed by atoms with E-state index < -0.39 is 27.6 Å². The van der Waals surface area contributed by atoms with E-state index in [1.54, 1.807) is 6.92 Å². The summed E-state index contributed by atoms with van der Waals surface area (Å²) in [6, 6.07) is 2.79. The van der Waals surface area contributed by atoms with E-state index in [4.69, 9.17) is 5.73 Å². The third kappa shape index (κ3) is 5.50. The Bertz CT molecular complexity index is 642. The molecule has 0 fully saturated rings. The summed E-state index contributed by atoms with van der Waals surface area (Å²) in [7, 11) is -3.19. The van der Waals surface area contributed by atoms with Crippen LogP contribution in [-0.4, -0.2) is 31.5 Å². The topological polar surface area (TPSA) is 72.2 Å².